The second-order valence-electron chi connectivity index (χ2n) is 2.30. The topological polar surface area (TPSA) is 265 Å². The standard InChI is InChI=1S/4C2H5NO2.Al.32ClH.Zr/c4*3-1-2(4)5;;;;;;;;;;;;;;;;;;;;;;;;;;;;;;;;;;/h4*1,3H2,(H,4,5);;32*1H;/q;;;;;;;;;;;;;;;;;;;;;;;;;;;;;;;;;;;;;+4/p-4. The molecule has 0 rings (SSSR count). The Morgan fingerprint density at radius 3 is 0.259 bits per heavy atom. The molecular weight excluding hydrogens is 1530 g/mol. The van der Waals surface area contributed by atoms with Crippen molar-refractivity contribution in [3.63, 3.8) is 0 Å². The van der Waals surface area contributed by atoms with Crippen LogP contribution < -0.4 is 43.4 Å². The van der Waals surface area contributed by atoms with Gasteiger partial charge in [0.05, 0.1) is 23.9 Å². The van der Waals surface area contributed by atoms with E-state index in [0.717, 1.165) is 0 Å². The molecule has 379 valence electrons. The molecule has 8 N–H and O–H groups in total. The van der Waals surface area contributed by atoms with Crippen molar-refractivity contribution in [2.45, 2.75) is 0 Å². The molecule has 54 heavy (non-hydrogen) atoms. The Hall–Kier alpha value is 8.42. The number of halogens is 32. The molecule has 0 aromatic heterocycles. The number of rotatable bonds is 4. The van der Waals surface area contributed by atoms with Crippen LogP contribution in [0.4, 0.5) is 0 Å². The molecule has 0 amide bonds. The van der Waals surface area contributed by atoms with Gasteiger partial charge in [-0.25, -0.2) is 0 Å². The van der Waals surface area contributed by atoms with E-state index >= 15 is 0 Å². The zero-order valence-electron chi connectivity index (χ0n) is 24.5. The molecule has 0 atom stereocenters. The smallest absolute Gasteiger partial charge is 0.549 e. The number of carbonyl (C=O) groups is 4. The summed E-state index contributed by atoms with van der Waals surface area (Å²) in [7, 11) is 0. The largest absolute Gasteiger partial charge is 4.00 e. The van der Waals surface area contributed by atoms with Crippen LogP contribution in [0.3, 0.4) is 0 Å². The van der Waals surface area contributed by atoms with E-state index in [1.54, 1.807) is 0 Å². The summed E-state index contributed by atoms with van der Waals surface area (Å²) in [5, 5.41) is 36.5. The van der Waals surface area contributed by atoms with Crippen molar-refractivity contribution in [1.29, 1.82) is 0 Å². The molecule has 3 radical (unpaired) electrons. The van der Waals surface area contributed by atoms with E-state index in [9.17, 15) is 0 Å². The first-order chi connectivity index (χ1) is 9.08. The quantitative estimate of drug-likeness (QED) is 0.292. The van der Waals surface area contributed by atoms with Gasteiger partial charge in [0.1, 0.15) is 0 Å². The third-order valence-electron chi connectivity index (χ3n) is 0.667. The van der Waals surface area contributed by atoms with Crippen molar-refractivity contribution in [3.8, 4) is 0 Å². The maximum absolute atomic E-state index is 9.13. The Morgan fingerprint density at radius 1 is 0.241 bits per heavy atom. The molecule has 0 saturated carbocycles. The summed E-state index contributed by atoms with van der Waals surface area (Å²) in [6, 6.07) is 0. The van der Waals surface area contributed by atoms with Crippen LogP contribution in [0.1, 0.15) is 0 Å². The fourth-order valence-electron chi connectivity index (χ4n) is 0. The van der Waals surface area contributed by atoms with Gasteiger partial charge in [0.25, 0.3) is 0 Å². The Bertz CT molecular complexity index is 292. The maximum atomic E-state index is 9.13. The first kappa shape index (κ1) is 395. The number of carboxylic acid groups (broad SMARTS) is 4. The monoisotopic (exact) mass is 1560 g/mol. The van der Waals surface area contributed by atoms with E-state index in [1.165, 1.54) is 0 Å². The second-order valence-corrected chi connectivity index (χ2v) is 2.30. The zero-order valence-corrected chi connectivity index (χ0v) is 54.3. The van der Waals surface area contributed by atoms with E-state index in [4.69, 9.17) is 39.6 Å². The molecule has 46 heteroatoms. The van der Waals surface area contributed by atoms with Crippen LogP contribution >= 0.6 is 397 Å². The number of carboxylic acids is 4. The third kappa shape index (κ3) is 791. The summed E-state index contributed by atoms with van der Waals surface area (Å²) in [5.41, 5.74) is 18.0. The average Bonchev–Trinajstić information content (AvgIpc) is 2.40. The van der Waals surface area contributed by atoms with Crippen LogP contribution in [0.25, 0.3) is 0 Å². The number of hydrogen-bond acceptors (Lipinski definition) is 12. The Balaban J connectivity index is -0.00000000145. The number of nitrogens with two attached hydrogens (primary N) is 4. The van der Waals surface area contributed by atoms with Crippen LogP contribution in [-0.4, -0.2) is 67.4 Å². The van der Waals surface area contributed by atoms with E-state index in [1.807, 2.05) is 0 Å². The molecule has 12 nitrogen and oxygen atoms in total. The number of hydrogen-bond donors (Lipinski definition) is 4. The predicted molar refractivity (Wildman–Crippen MR) is 294 cm³/mol. The molecule has 0 aromatic rings. The van der Waals surface area contributed by atoms with E-state index in [-0.39, 0.29) is 467 Å². The van der Waals surface area contributed by atoms with E-state index < -0.39 is 23.9 Å². The normalized spacial score (nSPS) is 2.74. The van der Waals surface area contributed by atoms with Gasteiger partial charge in [0.15, 0.2) is 0 Å². The molecule has 0 aliphatic rings. The molecule has 0 aliphatic heterocycles. The van der Waals surface area contributed by atoms with E-state index in [2.05, 4.69) is 22.9 Å². The summed E-state index contributed by atoms with van der Waals surface area (Å²) < 4.78 is 0. The summed E-state index contributed by atoms with van der Waals surface area (Å²) >= 11 is 0. The Kier molecular flexibility index (Phi) is 2750. The van der Waals surface area contributed by atoms with Gasteiger partial charge in [0.2, 0.25) is 0 Å². The first-order valence-corrected chi connectivity index (χ1v) is 4.68. The van der Waals surface area contributed by atoms with Gasteiger partial charge in [-0.3, -0.25) is 0 Å². The minimum atomic E-state index is -1.22. The number of carbonyl (C=O) groups excluding carboxylic acids is 4. The van der Waals surface area contributed by atoms with E-state index in [0.29, 0.717) is 0 Å². The fraction of sp³-hybridized carbons (Fsp3) is 0.500. The van der Waals surface area contributed by atoms with Crippen LogP contribution in [0.2, 0.25) is 0 Å². The van der Waals surface area contributed by atoms with Gasteiger partial charge in [-0.05, 0) is 0 Å². The van der Waals surface area contributed by atoms with Gasteiger partial charge in [-0.15, -0.1) is 397 Å². The van der Waals surface area contributed by atoms with Gasteiger partial charge in [-0.1, -0.05) is 0 Å². The van der Waals surface area contributed by atoms with Crippen molar-refractivity contribution in [3.05, 3.63) is 0 Å². The minimum Gasteiger partial charge on any atom is -0.549 e. The Morgan fingerprint density at radius 2 is 0.259 bits per heavy atom. The molecule has 0 aliphatic carbocycles. The molecule has 0 aromatic carbocycles. The maximum Gasteiger partial charge on any atom is 4.00 e. The Labute approximate surface area is 545 Å². The van der Waals surface area contributed by atoms with Crippen LogP contribution in [-0.2, 0) is 45.4 Å². The second kappa shape index (κ2) is 376. The van der Waals surface area contributed by atoms with Gasteiger partial charge in [0, 0.05) is 43.5 Å². The van der Waals surface area contributed by atoms with Crippen LogP contribution in [0, 0.1) is 0 Å². The van der Waals surface area contributed by atoms with Crippen molar-refractivity contribution < 1.29 is 65.8 Å². The van der Waals surface area contributed by atoms with Crippen LogP contribution in [0.15, 0.2) is 0 Å². The number of aliphatic carboxylic acids is 4. The molecule has 0 fully saturated rings. The summed E-state index contributed by atoms with van der Waals surface area (Å²) in [4.78, 5) is 36.5. The van der Waals surface area contributed by atoms with Crippen molar-refractivity contribution in [1.82, 2.24) is 0 Å². The average molecular weight is 1580 g/mol. The summed E-state index contributed by atoms with van der Waals surface area (Å²) in [6.45, 7) is -1.56. The van der Waals surface area contributed by atoms with Gasteiger partial charge in [-0.2, -0.15) is 0 Å². The zero-order chi connectivity index (χ0) is 17.1. The molecule has 0 heterocycles. The summed E-state index contributed by atoms with van der Waals surface area (Å²) in [5.74, 6) is -4.87. The molecule has 0 saturated heterocycles. The fourth-order valence-corrected chi connectivity index (χ4v) is 0. The summed E-state index contributed by atoms with van der Waals surface area (Å²) in [6.07, 6.45) is 0. The molecular formula is C8H48AlCl32N4O8Zr. The molecule has 0 unspecified atom stereocenters. The van der Waals surface area contributed by atoms with Crippen molar-refractivity contribution >= 4 is 438 Å². The minimum absolute atomic E-state index is 0. The van der Waals surface area contributed by atoms with Crippen LogP contribution in [0.5, 0.6) is 0 Å². The van der Waals surface area contributed by atoms with Gasteiger partial charge < -0.3 is 62.5 Å². The van der Waals surface area contributed by atoms with Crippen molar-refractivity contribution in [2.24, 2.45) is 22.9 Å². The SMILES string of the molecule is Cl.Cl.Cl.Cl.Cl.Cl.Cl.Cl.Cl.Cl.Cl.Cl.Cl.Cl.Cl.Cl.Cl.Cl.Cl.Cl.Cl.Cl.Cl.Cl.Cl.Cl.Cl.Cl.Cl.Cl.Cl.Cl.NCC(=O)[O-].NCC(=O)[O-].NCC(=O)[O-].NCC(=O)[O-].[Al].[Zr+4]. The molecule has 0 spiro atoms. The third-order valence-corrected chi connectivity index (χ3v) is 0.667. The predicted octanol–water partition coefficient (Wildman–Crippen LogP) is 3.89. The van der Waals surface area contributed by atoms with Crippen molar-refractivity contribution in [2.75, 3.05) is 26.2 Å². The van der Waals surface area contributed by atoms with Gasteiger partial charge >= 0.3 is 26.2 Å². The first-order valence-electron chi connectivity index (χ1n) is 4.68. The molecule has 0 bridgehead atoms.